The number of hydrogen-bond donors (Lipinski definition) is 0. The third-order valence-electron chi connectivity index (χ3n) is 1.84. The van der Waals surface area contributed by atoms with Gasteiger partial charge in [-0.1, -0.05) is 0 Å². The summed E-state index contributed by atoms with van der Waals surface area (Å²) in [7, 11) is 3.82. The van der Waals surface area contributed by atoms with Gasteiger partial charge in [0.15, 0.2) is 0 Å². The van der Waals surface area contributed by atoms with Crippen molar-refractivity contribution in [1.29, 1.82) is 0 Å². The Bertz CT molecular complexity index is 97.1. The van der Waals surface area contributed by atoms with Gasteiger partial charge in [0.2, 0.25) is 0 Å². The highest BCUT2D eigenvalue weighted by molar-refractivity contribution is 6.11. The van der Waals surface area contributed by atoms with Crippen LogP contribution in [0.2, 0.25) is 0 Å². The molecule has 1 aliphatic heterocycles. The molecule has 0 radical (unpaired) electrons. The van der Waals surface area contributed by atoms with E-state index in [1.165, 1.54) is 0 Å². The van der Waals surface area contributed by atoms with Gasteiger partial charge in [-0.05, 0) is 13.3 Å². The van der Waals surface area contributed by atoms with Crippen LogP contribution in [0.15, 0.2) is 0 Å². The summed E-state index contributed by atoms with van der Waals surface area (Å²) in [6.07, 6.45) is 1.64. The SMILES string of the molecule is B[C@H]1C[C@H](OC)[C@@H](C)O1. The smallest absolute Gasteiger partial charge is 0.139 e. The first-order chi connectivity index (χ1) is 4.24. The van der Waals surface area contributed by atoms with Crippen molar-refractivity contribution in [3.8, 4) is 0 Å². The molecule has 3 heteroatoms. The molecule has 2 nitrogen and oxygen atoms in total. The predicted molar refractivity (Wildman–Crippen MR) is 38.3 cm³/mol. The van der Waals surface area contributed by atoms with E-state index in [0.29, 0.717) is 12.1 Å². The zero-order valence-electron chi connectivity index (χ0n) is 6.26. The standard InChI is InChI=1S/C6H13BO2/c1-4-5(8-2)3-6(7)9-4/h4-6H,3,7H2,1-2H3/t4-,5+,6-/m1/s1. The highest BCUT2D eigenvalue weighted by Crippen LogP contribution is 2.19. The predicted octanol–water partition coefficient (Wildman–Crippen LogP) is -0.231. The second kappa shape index (κ2) is 2.71. The van der Waals surface area contributed by atoms with Gasteiger partial charge in [-0.2, -0.15) is 0 Å². The van der Waals surface area contributed by atoms with Crippen LogP contribution in [0.1, 0.15) is 13.3 Å². The van der Waals surface area contributed by atoms with Gasteiger partial charge < -0.3 is 9.47 Å². The molecular formula is C6H13BO2. The lowest BCUT2D eigenvalue weighted by Gasteiger charge is -2.10. The van der Waals surface area contributed by atoms with Crippen LogP contribution in [0.5, 0.6) is 0 Å². The fourth-order valence-corrected chi connectivity index (χ4v) is 1.32. The van der Waals surface area contributed by atoms with Crippen LogP contribution in [0.4, 0.5) is 0 Å². The van der Waals surface area contributed by atoms with Crippen molar-refractivity contribution in [1.82, 2.24) is 0 Å². The molecule has 0 saturated carbocycles. The first kappa shape index (κ1) is 7.10. The van der Waals surface area contributed by atoms with Gasteiger partial charge in [-0.3, -0.25) is 0 Å². The van der Waals surface area contributed by atoms with Crippen molar-refractivity contribution in [2.75, 3.05) is 7.11 Å². The first-order valence-electron chi connectivity index (χ1n) is 3.42. The maximum absolute atomic E-state index is 5.44. The lowest BCUT2D eigenvalue weighted by molar-refractivity contribution is 0.0211. The summed E-state index contributed by atoms with van der Waals surface area (Å²) in [6, 6.07) is 0.380. The summed E-state index contributed by atoms with van der Waals surface area (Å²) in [5.41, 5.74) is 0. The summed E-state index contributed by atoms with van der Waals surface area (Å²) in [5, 5.41) is 0. The van der Waals surface area contributed by atoms with Crippen LogP contribution in [0.25, 0.3) is 0 Å². The van der Waals surface area contributed by atoms with E-state index in [1.54, 1.807) is 7.11 Å². The van der Waals surface area contributed by atoms with Crippen LogP contribution in [-0.4, -0.2) is 33.2 Å². The normalized spacial score (nSPS) is 43.6. The molecule has 3 atom stereocenters. The van der Waals surface area contributed by atoms with Gasteiger partial charge in [-0.15, -0.1) is 0 Å². The van der Waals surface area contributed by atoms with Crippen molar-refractivity contribution >= 4 is 7.85 Å². The Morgan fingerprint density at radius 3 is 2.56 bits per heavy atom. The van der Waals surface area contributed by atoms with Gasteiger partial charge >= 0.3 is 0 Å². The van der Waals surface area contributed by atoms with Gasteiger partial charge in [-0.25, -0.2) is 0 Å². The molecule has 1 saturated heterocycles. The molecule has 0 aliphatic carbocycles. The van der Waals surface area contributed by atoms with E-state index >= 15 is 0 Å². The van der Waals surface area contributed by atoms with Gasteiger partial charge in [0.05, 0.1) is 12.2 Å². The second-order valence-electron chi connectivity index (χ2n) is 2.66. The molecule has 0 spiro atoms. The molecule has 0 aromatic heterocycles. The van der Waals surface area contributed by atoms with Gasteiger partial charge in [0, 0.05) is 13.1 Å². The van der Waals surface area contributed by atoms with E-state index in [4.69, 9.17) is 9.47 Å². The molecule has 0 unspecified atom stereocenters. The molecule has 9 heavy (non-hydrogen) atoms. The van der Waals surface area contributed by atoms with E-state index in [1.807, 2.05) is 0 Å². The van der Waals surface area contributed by atoms with Crippen LogP contribution < -0.4 is 0 Å². The average Bonchev–Trinajstić information content (AvgIpc) is 2.10. The molecule has 0 aromatic rings. The Morgan fingerprint density at radius 1 is 1.67 bits per heavy atom. The lowest BCUT2D eigenvalue weighted by atomic mass is 9.96. The largest absolute Gasteiger partial charge is 0.382 e. The maximum Gasteiger partial charge on any atom is 0.139 e. The summed E-state index contributed by atoms with van der Waals surface area (Å²) in [4.78, 5) is 0. The topological polar surface area (TPSA) is 18.5 Å². The quantitative estimate of drug-likeness (QED) is 0.454. The van der Waals surface area contributed by atoms with E-state index < -0.39 is 0 Å². The Hall–Kier alpha value is -0.0151. The molecule has 1 aliphatic rings. The van der Waals surface area contributed by atoms with Crippen molar-refractivity contribution in [2.24, 2.45) is 0 Å². The van der Waals surface area contributed by atoms with Crippen LogP contribution >= 0.6 is 0 Å². The minimum absolute atomic E-state index is 0.282. The minimum atomic E-state index is 0.282. The number of ether oxygens (including phenoxy) is 2. The molecule has 1 fully saturated rings. The summed E-state index contributed by atoms with van der Waals surface area (Å²) in [6.45, 7) is 2.05. The van der Waals surface area contributed by atoms with Crippen molar-refractivity contribution in [2.45, 2.75) is 31.6 Å². The third kappa shape index (κ3) is 1.46. The zero-order chi connectivity index (χ0) is 6.85. The molecule has 0 bridgehead atoms. The fraction of sp³-hybridized carbons (Fsp3) is 1.00. The molecule has 52 valence electrons. The average molecular weight is 128 g/mol. The Morgan fingerprint density at radius 2 is 2.33 bits per heavy atom. The molecule has 0 N–H and O–H groups in total. The van der Waals surface area contributed by atoms with Crippen molar-refractivity contribution in [3.63, 3.8) is 0 Å². The zero-order valence-corrected chi connectivity index (χ0v) is 6.26. The van der Waals surface area contributed by atoms with Crippen molar-refractivity contribution < 1.29 is 9.47 Å². The number of hydrogen-bond acceptors (Lipinski definition) is 2. The van der Waals surface area contributed by atoms with Crippen LogP contribution in [-0.2, 0) is 9.47 Å². The Balaban J connectivity index is 2.38. The summed E-state index contributed by atoms with van der Waals surface area (Å²) >= 11 is 0. The maximum atomic E-state index is 5.44. The highest BCUT2D eigenvalue weighted by atomic mass is 16.6. The highest BCUT2D eigenvalue weighted by Gasteiger charge is 2.28. The molecule has 1 rings (SSSR count). The van der Waals surface area contributed by atoms with Gasteiger partial charge in [0.1, 0.15) is 7.85 Å². The van der Waals surface area contributed by atoms with Gasteiger partial charge in [0.25, 0.3) is 0 Å². The van der Waals surface area contributed by atoms with E-state index in [-0.39, 0.29) is 6.10 Å². The monoisotopic (exact) mass is 128 g/mol. The number of rotatable bonds is 1. The lowest BCUT2D eigenvalue weighted by Crippen LogP contribution is -2.18. The first-order valence-corrected chi connectivity index (χ1v) is 3.42. The molecule has 0 amide bonds. The fourth-order valence-electron chi connectivity index (χ4n) is 1.32. The van der Waals surface area contributed by atoms with Crippen LogP contribution in [0.3, 0.4) is 0 Å². The van der Waals surface area contributed by atoms with E-state index in [2.05, 4.69) is 14.8 Å². The second-order valence-corrected chi connectivity index (χ2v) is 2.66. The minimum Gasteiger partial charge on any atom is -0.382 e. The Kier molecular flexibility index (Phi) is 2.14. The van der Waals surface area contributed by atoms with Crippen molar-refractivity contribution in [3.05, 3.63) is 0 Å². The van der Waals surface area contributed by atoms with E-state index in [0.717, 1.165) is 6.42 Å². The molecule has 1 heterocycles. The number of methoxy groups -OCH3 is 1. The third-order valence-corrected chi connectivity index (χ3v) is 1.84. The Labute approximate surface area is 56.9 Å². The summed E-state index contributed by atoms with van der Waals surface area (Å²) < 4.78 is 10.6. The molecular weight excluding hydrogens is 115 g/mol. The van der Waals surface area contributed by atoms with Crippen LogP contribution in [0, 0.1) is 0 Å². The summed E-state index contributed by atoms with van der Waals surface area (Å²) in [5.74, 6) is 0. The molecule has 0 aromatic carbocycles. The van der Waals surface area contributed by atoms with E-state index in [9.17, 15) is 0 Å².